The number of aromatic nitrogens is 3. The van der Waals surface area contributed by atoms with Crippen molar-refractivity contribution >= 4 is 36.9 Å². The highest BCUT2D eigenvalue weighted by molar-refractivity contribution is 7.05. The van der Waals surface area contributed by atoms with E-state index in [0.717, 1.165) is 39.5 Å². The fourth-order valence-electron chi connectivity index (χ4n) is 9.17. The minimum absolute atomic E-state index is 0.696. The topological polar surface area (TPSA) is 38.7 Å². The van der Waals surface area contributed by atoms with Crippen molar-refractivity contribution < 1.29 is 0 Å². The summed E-state index contributed by atoms with van der Waals surface area (Å²) in [4.78, 5) is 16.4. The van der Waals surface area contributed by atoms with E-state index in [9.17, 15) is 0 Å². The summed E-state index contributed by atoms with van der Waals surface area (Å²) in [7, 11) is -4.38. The first kappa shape index (κ1) is 32.6. The highest BCUT2D eigenvalue weighted by Crippen LogP contribution is 2.40. The van der Waals surface area contributed by atoms with E-state index in [0.29, 0.717) is 5.82 Å². The summed E-state index contributed by atoms with van der Waals surface area (Å²) in [5, 5.41) is 5.71. The van der Waals surface area contributed by atoms with Gasteiger partial charge in [0.25, 0.3) is 0 Å². The number of hydrogen-bond acceptors (Lipinski definition) is 3. The Labute approximate surface area is 319 Å². The molecule has 0 aliphatic carbocycles. The van der Waals surface area contributed by atoms with Gasteiger partial charge < -0.3 is 0 Å². The van der Waals surface area contributed by atoms with E-state index < -0.39 is 16.1 Å². The number of fused-ring (bicyclic) bond motifs is 6. The lowest BCUT2D eigenvalue weighted by Gasteiger charge is -2.25. The van der Waals surface area contributed by atoms with E-state index in [1.54, 1.807) is 0 Å². The lowest BCUT2D eigenvalue weighted by molar-refractivity contribution is 1.08. The number of nitrogens with zero attached hydrogens (tertiary/aromatic N) is 3. The zero-order valence-corrected chi connectivity index (χ0v) is 32.9. The van der Waals surface area contributed by atoms with Gasteiger partial charge in [0.2, 0.25) is 0 Å². The molecule has 54 heavy (non-hydrogen) atoms. The maximum atomic E-state index is 5.58. The summed E-state index contributed by atoms with van der Waals surface area (Å²) in [5.41, 5.74) is 13.3. The zero-order chi connectivity index (χ0) is 36.6. The Morgan fingerprint density at radius 1 is 0.315 bits per heavy atom. The van der Waals surface area contributed by atoms with Crippen LogP contribution in [0.1, 0.15) is 0 Å². The molecule has 7 aromatic carbocycles. The summed E-state index contributed by atoms with van der Waals surface area (Å²) in [6, 6.07) is 59.3. The Hall–Kier alpha value is -6.02. The molecule has 0 spiro atoms. The molecule has 0 fully saturated rings. The molecule has 0 saturated carbocycles. The van der Waals surface area contributed by atoms with E-state index in [4.69, 9.17) is 15.0 Å². The Morgan fingerprint density at radius 2 is 0.815 bits per heavy atom. The average Bonchev–Trinajstić information content (AvgIpc) is 3.60. The number of rotatable bonds is 5. The summed E-state index contributed by atoms with van der Waals surface area (Å²) < 4.78 is 0. The van der Waals surface area contributed by atoms with Crippen LogP contribution in [0.3, 0.4) is 0 Å². The molecular weight excluding hydrogens is 687 g/mol. The molecular formula is C49H39N3Si2. The van der Waals surface area contributed by atoms with Crippen molar-refractivity contribution in [1.82, 2.24) is 15.0 Å². The lowest BCUT2D eigenvalue weighted by atomic mass is 9.94. The molecule has 2 aliphatic rings. The Kier molecular flexibility index (Phi) is 7.41. The van der Waals surface area contributed by atoms with Crippen molar-refractivity contribution in [2.75, 3.05) is 0 Å². The molecule has 0 N–H and O–H groups in total. The van der Waals surface area contributed by atoms with Crippen LogP contribution in [-0.2, 0) is 0 Å². The quantitative estimate of drug-likeness (QED) is 0.166. The van der Waals surface area contributed by atoms with Crippen molar-refractivity contribution in [3.63, 3.8) is 0 Å². The van der Waals surface area contributed by atoms with Crippen molar-refractivity contribution in [3.05, 3.63) is 164 Å². The minimum Gasteiger partial charge on any atom is -0.208 e. The Balaban J connectivity index is 1.24. The summed E-state index contributed by atoms with van der Waals surface area (Å²) in [6.07, 6.45) is 0. The van der Waals surface area contributed by atoms with Crippen molar-refractivity contribution in [2.24, 2.45) is 0 Å². The van der Waals surface area contributed by atoms with Gasteiger partial charge in [-0.1, -0.05) is 190 Å². The number of hydrogen-bond donors (Lipinski definition) is 0. The maximum Gasteiger partial charge on any atom is 0.164 e. The monoisotopic (exact) mass is 725 g/mol. The smallest absolute Gasteiger partial charge is 0.164 e. The second-order valence-electron chi connectivity index (χ2n) is 15.6. The van der Waals surface area contributed by atoms with Crippen LogP contribution in [0.15, 0.2) is 164 Å². The van der Waals surface area contributed by atoms with E-state index >= 15 is 0 Å². The molecule has 0 bridgehead atoms. The molecule has 0 amide bonds. The van der Waals surface area contributed by atoms with Gasteiger partial charge in [0, 0.05) is 16.7 Å². The van der Waals surface area contributed by atoms with Gasteiger partial charge in [-0.2, -0.15) is 0 Å². The highest BCUT2D eigenvalue weighted by atomic mass is 28.3. The van der Waals surface area contributed by atoms with Gasteiger partial charge in [-0.25, -0.2) is 15.0 Å². The predicted molar refractivity (Wildman–Crippen MR) is 231 cm³/mol. The van der Waals surface area contributed by atoms with E-state index in [2.05, 4.69) is 190 Å². The molecule has 3 nitrogen and oxygen atoms in total. The van der Waals surface area contributed by atoms with Gasteiger partial charge in [-0.05, 0) is 65.3 Å². The Bertz CT molecular complexity index is 2760. The summed E-state index contributed by atoms with van der Waals surface area (Å²) >= 11 is 0. The lowest BCUT2D eigenvalue weighted by Crippen LogP contribution is -2.50. The van der Waals surface area contributed by atoms with E-state index in [1.807, 2.05) is 0 Å². The fraction of sp³-hybridized carbons (Fsp3) is 0.0816. The molecule has 1 aromatic heterocycles. The molecule has 0 atom stereocenters. The van der Waals surface area contributed by atoms with Crippen LogP contribution in [-0.4, -0.2) is 31.1 Å². The molecule has 0 radical (unpaired) electrons. The predicted octanol–water partition coefficient (Wildman–Crippen LogP) is 9.81. The second kappa shape index (κ2) is 12.3. The van der Waals surface area contributed by atoms with Gasteiger partial charge in [-0.3, -0.25) is 0 Å². The summed E-state index contributed by atoms with van der Waals surface area (Å²) in [5.74, 6) is 2.17. The van der Waals surface area contributed by atoms with Crippen LogP contribution < -0.4 is 20.7 Å². The molecule has 3 heterocycles. The molecule has 0 unspecified atom stereocenters. The molecule has 8 aromatic rings. The zero-order valence-electron chi connectivity index (χ0n) is 30.9. The third-order valence-electron chi connectivity index (χ3n) is 11.7. The molecule has 258 valence electrons. The molecule has 2 aliphatic heterocycles. The third-order valence-corrected chi connectivity index (χ3v) is 18.8. The van der Waals surface area contributed by atoms with Crippen molar-refractivity contribution in [2.45, 2.75) is 26.2 Å². The van der Waals surface area contributed by atoms with Crippen LogP contribution in [0.25, 0.3) is 78.7 Å². The first-order valence-electron chi connectivity index (χ1n) is 18.8. The minimum atomic E-state index is -2.21. The summed E-state index contributed by atoms with van der Waals surface area (Å²) in [6.45, 7) is 9.93. The van der Waals surface area contributed by atoms with Crippen LogP contribution in [0, 0.1) is 0 Å². The van der Waals surface area contributed by atoms with Gasteiger partial charge in [0.15, 0.2) is 17.5 Å². The van der Waals surface area contributed by atoms with Gasteiger partial charge in [0.05, 0.1) is 0 Å². The van der Waals surface area contributed by atoms with Gasteiger partial charge in [0.1, 0.15) is 16.1 Å². The van der Waals surface area contributed by atoms with Gasteiger partial charge in [-0.15, -0.1) is 0 Å². The third kappa shape index (κ3) is 4.96. The normalized spacial score (nSPS) is 14.2. The highest BCUT2D eigenvalue weighted by Gasteiger charge is 2.42. The van der Waals surface area contributed by atoms with Gasteiger partial charge >= 0.3 is 0 Å². The van der Waals surface area contributed by atoms with Crippen LogP contribution in [0.5, 0.6) is 0 Å². The van der Waals surface area contributed by atoms with Crippen LogP contribution >= 0.6 is 0 Å². The van der Waals surface area contributed by atoms with Crippen LogP contribution in [0.4, 0.5) is 0 Å². The molecule has 5 heteroatoms. The standard InChI is InChI=1S/C49H39N3Si2/c1-53(2)42-26-15-14-23-37(42)40-30-29-36(33-19-10-6-11-20-33)44(46(40)53)49-51-47(34-21-12-7-13-22-34)50-48(52-49)41-25-16-24-39-38-28-27-35(32-17-8-5-9-18-32)31-43(38)54(3,4)45(39)41/h5-31H,1-4H3. The first-order chi connectivity index (χ1) is 26.3. The van der Waals surface area contributed by atoms with Crippen molar-refractivity contribution in [3.8, 4) is 78.7 Å². The van der Waals surface area contributed by atoms with Crippen molar-refractivity contribution in [1.29, 1.82) is 0 Å². The maximum absolute atomic E-state index is 5.58. The molecule has 0 saturated heterocycles. The fourth-order valence-corrected chi connectivity index (χ4v) is 16.0. The largest absolute Gasteiger partial charge is 0.208 e. The molecule has 10 rings (SSSR count). The SMILES string of the molecule is C[Si]1(C)c2cc(-c3ccccc3)ccc2-c2cccc(-c3nc(-c4ccccc4)nc(-c4c(-c5ccccc5)ccc5c4[Si](C)(C)c4ccccc4-5)n3)c21. The van der Waals surface area contributed by atoms with E-state index in [-0.39, 0.29) is 0 Å². The Morgan fingerprint density at radius 3 is 1.56 bits per heavy atom. The first-order valence-corrected chi connectivity index (χ1v) is 24.8. The average molecular weight is 726 g/mol. The number of benzene rings is 7. The van der Waals surface area contributed by atoms with E-state index in [1.165, 1.54) is 54.1 Å². The van der Waals surface area contributed by atoms with Crippen LogP contribution in [0.2, 0.25) is 26.2 Å². The second-order valence-corrected chi connectivity index (χ2v) is 24.2.